The van der Waals surface area contributed by atoms with Gasteiger partial charge in [-0.3, -0.25) is 9.36 Å². The van der Waals surface area contributed by atoms with Crippen molar-refractivity contribution in [3.05, 3.63) is 55.0 Å². The molecular weight excluding hydrogens is 316 g/mol. The second kappa shape index (κ2) is 5.55. The van der Waals surface area contributed by atoms with E-state index in [1.807, 2.05) is 53.5 Å². The van der Waals surface area contributed by atoms with E-state index in [0.717, 1.165) is 16.7 Å². The molecule has 0 saturated heterocycles. The van der Waals surface area contributed by atoms with Crippen LogP contribution < -0.4 is 4.98 Å². The fourth-order valence-corrected chi connectivity index (χ4v) is 2.11. The summed E-state index contributed by atoms with van der Waals surface area (Å²) in [6.07, 6.45) is 5.55. The number of imidazole rings is 1. The number of fused-ring (bicyclic) bond motifs is 1. The summed E-state index contributed by atoms with van der Waals surface area (Å²) in [5.41, 5.74) is 2.56. The fraction of sp³-hybridized carbons (Fsp3) is 0.0714. The van der Waals surface area contributed by atoms with Gasteiger partial charge in [-0.05, 0) is 29.0 Å². The maximum atomic E-state index is 4.48. The molecule has 0 unspecified atom stereocenters. The molecule has 0 aliphatic carbocycles. The van der Waals surface area contributed by atoms with Gasteiger partial charge in [0.05, 0.1) is 5.69 Å². The first-order valence-electron chi connectivity index (χ1n) is 6.29. The van der Waals surface area contributed by atoms with E-state index in [4.69, 9.17) is 0 Å². The van der Waals surface area contributed by atoms with Gasteiger partial charge in [0.1, 0.15) is 6.67 Å². The van der Waals surface area contributed by atoms with Crippen LogP contribution in [0, 0.1) is 0 Å². The second-order valence-corrected chi connectivity index (χ2v) is 4.46. The molecule has 3 aromatic heterocycles. The molecule has 108 valence electrons. The topological polar surface area (TPSA) is 62.6 Å². The Labute approximate surface area is 131 Å². The van der Waals surface area contributed by atoms with Crippen molar-refractivity contribution in [1.29, 1.82) is 0 Å². The van der Waals surface area contributed by atoms with Gasteiger partial charge in [0.15, 0.2) is 0 Å². The van der Waals surface area contributed by atoms with Crippen LogP contribution >= 0.6 is 0 Å². The SMILES string of the molecule is [Cu+].c1ccc2[n-]c(-c3ccn(Cn4cccn4)n3)nc2c1. The van der Waals surface area contributed by atoms with Gasteiger partial charge in [-0.15, -0.1) is 0 Å². The molecule has 6 nitrogen and oxygen atoms in total. The summed E-state index contributed by atoms with van der Waals surface area (Å²) < 4.78 is 3.61. The maximum Gasteiger partial charge on any atom is 1.00 e. The third-order valence-electron chi connectivity index (χ3n) is 3.05. The molecule has 0 aliphatic heterocycles. The van der Waals surface area contributed by atoms with Gasteiger partial charge in [-0.1, -0.05) is 24.3 Å². The first-order chi connectivity index (χ1) is 9.88. The number of rotatable bonds is 3. The summed E-state index contributed by atoms with van der Waals surface area (Å²) in [6, 6.07) is 11.6. The molecule has 0 bridgehead atoms. The number of para-hydroxylation sites is 2. The average Bonchev–Trinajstić information content (AvgIpc) is 3.18. The van der Waals surface area contributed by atoms with Gasteiger partial charge in [-0.2, -0.15) is 10.2 Å². The Morgan fingerprint density at radius 1 is 1.00 bits per heavy atom. The smallest absolute Gasteiger partial charge is 0.434 e. The molecule has 0 N–H and O–H groups in total. The van der Waals surface area contributed by atoms with Gasteiger partial charge in [0, 0.05) is 18.6 Å². The standard InChI is InChI=1S/C14H11N6.Cu/c1-2-5-12-11(4-1)16-14(17-12)13-6-9-20(18-13)10-19-8-3-7-15-19;/h1-9H,10H2;/q-1;+1. The van der Waals surface area contributed by atoms with Crippen LogP contribution in [0.25, 0.3) is 22.6 Å². The molecule has 4 aromatic rings. The fourth-order valence-electron chi connectivity index (χ4n) is 2.11. The van der Waals surface area contributed by atoms with Crippen LogP contribution in [0.15, 0.2) is 55.0 Å². The maximum absolute atomic E-state index is 4.48. The summed E-state index contributed by atoms with van der Waals surface area (Å²) in [7, 11) is 0. The van der Waals surface area contributed by atoms with Gasteiger partial charge in [0.2, 0.25) is 0 Å². The first-order valence-corrected chi connectivity index (χ1v) is 6.29. The Morgan fingerprint density at radius 3 is 2.71 bits per heavy atom. The molecule has 0 spiro atoms. The predicted octanol–water partition coefficient (Wildman–Crippen LogP) is 1.76. The Morgan fingerprint density at radius 2 is 1.90 bits per heavy atom. The van der Waals surface area contributed by atoms with Crippen LogP contribution in [0.3, 0.4) is 0 Å². The minimum Gasteiger partial charge on any atom is -0.434 e. The Kier molecular flexibility index (Phi) is 3.60. The van der Waals surface area contributed by atoms with Crippen molar-refractivity contribution >= 4 is 11.0 Å². The van der Waals surface area contributed by atoms with Crippen LogP contribution in [-0.2, 0) is 23.7 Å². The van der Waals surface area contributed by atoms with Crippen LogP contribution in [0.2, 0.25) is 0 Å². The van der Waals surface area contributed by atoms with Crippen LogP contribution in [0.1, 0.15) is 0 Å². The van der Waals surface area contributed by atoms with Crippen molar-refractivity contribution in [2.75, 3.05) is 0 Å². The van der Waals surface area contributed by atoms with E-state index in [-0.39, 0.29) is 17.1 Å². The summed E-state index contributed by atoms with van der Waals surface area (Å²) in [4.78, 5) is 8.97. The molecule has 1 aromatic carbocycles. The van der Waals surface area contributed by atoms with Crippen LogP contribution in [-0.4, -0.2) is 24.5 Å². The zero-order valence-corrected chi connectivity index (χ0v) is 11.8. The van der Waals surface area contributed by atoms with Crippen molar-refractivity contribution in [1.82, 2.24) is 29.5 Å². The molecule has 21 heavy (non-hydrogen) atoms. The zero-order valence-electron chi connectivity index (χ0n) is 10.9. The van der Waals surface area contributed by atoms with Crippen molar-refractivity contribution in [3.63, 3.8) is 0 Å². The normalized spacial score (nSPS) is 10.7. The molecule has 3 heterocycles. The number of hydrogen-bond donors (Lipinski definition) is 0. The van der Waals surface area contributed by atoms with E-state index < -0.39 is 0 Å². The molecule has 0 saturated carbocycles. The summed E-state index contributed by atoms with van der Waals surface area (Å²) in [5, 5.41) is 8.63. The monoisotopic (exact) mass is 326 g/mol. The average molecular weight is 327 g/mol. The Balaban J connectivity index is 0.00000132. The Hall–Kier alpha value is -2.37. The van der Waals surface area contributed by atoms with Crippen molar-refractivity contribution in [2.45, 2.75) is 6.67 Å². The quantitative estimate of drug-likeness (QED) is 0.538. The second-order valence-electron chi connectivity index (χ2n) is 4.46. The molecule has 0 fully saturated rings. The number of nitrogens with zero attached hydrogens (tertiary/aromatic N) is 6. The van der Waals surface area contributed by atoms with Gasteiger partial charge in [0.25, 0.3) is 0 Å². The first kappa shape index (κ1) is 13.6. The summed E-state index contributed by atoms with van der Waals surface area (Å²) >= 11 is 0. The van der Waals surface area contributed by atoms with E-state index in [0.29, 0.717) is 12.5 Å². The van der Waals surface area contributed by atoms with Crippen molar-refractivity contribution in [3.8, 4) is 11.5 Å². The molecule has 0 radical (unpaired) electrons. The van der Waals surface area contributed by atoms with Crippen molar-refractivity contribution in [2.24, 2.45) is 0 Å². The summed E-state index contributed by atoms with van der Waals surface area (Å²) in [5.74, 6) is 0.658. The molecule has 4 rings (SSSR count). The Bertz CT molecular complexity index is 812. The third kappa shape index (κ3) is 2.61. The molecule has 0 atom stereocenters. The molecule has 0 aliphatic rings. The number of aromatic nitrogens is 6. The van der Waals surface area contributed by atoms with E-state index in [1.165, 1.54) is 0 Å². The van der Waals surface area contributed by atoms with E-state index >= 15 is 0 Å². The number of hydrogen-bond acceptors (Lipinski definition) is 3. The van der Waals surface area contributed by atoms with Gasteiger partial charge >= 0.3 is 17.1 Å². The third-order valence-corrected chi connectivity index (χ3v) is 3.05. The van der Waals surface area contributed by atoms with Crippen LogP contribution in [0.4, 0.5) is 0 Å². The predicted molar refractivity (Wildman–Crippen MR) is 73.9 cm³/mol. The molecule has 7 heteroatoms. The number of benzene rings is 1. The van der Waals surface area contributed by atoms with Crippen LogP contribution in [0.5, 0.6) is 0 Å². The zero-order chi connectivity index (χ0) is 13.4. The van der Waals surface area contributed by atoms with Crippen molar-refractivity contribution < 1.29 is 17.1 Å². The molecule has 0 amide bonds. The van der Waals surface area contributed by atoms with E-state index in [9.17, 15) is 0 Å². The minimum atomic E-state index is 0. The van der Waals surface area contributed by atoms with E-state index in [1.54, 1.807) is 10.9 Å². The van der Waals surface area contributed by atoms with Gasteiger partial charge in [-0.25, -0.2) is 0 Å². The minimum absolute atomic E-state index is 0. The van der Waals surface area contributed by atoms with Gasteiger partial charge < -0.3 is 9.97 Å². The summed E-state index contributed by atoms with van der Waals surface area (Å²) in [6.45, 7) is 0.577. The largest absolute Gasteiger partial charge is 1.00 e. The van der Waals surface area contributed by atoms with E-state index in [2.05, 4.69) is 20.2 Å². The molecular formula is C14H11CuN6.